The third kappa shape index (κ3) is 3.12. The van der Waals surface area contributed by atoms with Crippen molar-refractivity contribution < 1.29 is 15.0 Å². The van der Waals surface area contributed by atoms with Gasteiger partial charge in [-0.05, 0) is 37.5 Å². The Balaban J connectivity index is 1.53. The third-order valence-corrected chi connectivity index (χ3v) is 6.16. The van der Waals surface area contributed by atoms with E-state index in [4.69, 9.17) is 4.98 Å². The number of amides is 1. The molecule has 1 saturated heterocycles. The highest BCUT2D eigenvalue weighted by molar-refractivity contribution is 5.89. The third-order valence-electron chi connectivity index (χ3n) is 6.16. The van der Waals surface area contributed by atoms with E-state index in [1.54, 1.807) is 0 Å². The summed E-state index contributed by atoms with van der Waals surface area (Å²) in [4.78, 5) is 24.9. The van der Waals surface area contributed by atoms with Gasteiger partial charge >= 0.3 is 0 Å². The molecule has 5 rings (SSSR count). The van der Waals surface area contributed by atoms with Crippen molar-refractivity contribution in [1.82, 2.24) is 9.97 Å². The molecule has 0 radical (unpaired) electrons. The number of anilines is 4. The Labute approximate surface area is 169 Å². The van der Waals surface area contributed by atoms with Crippen molar-refractivity contribution >= 4 is 29.0 Å². The fourth-order valence-electron chi connectivity index (χ4n) is 4.47. The van der Waals surface area contributed by atoms with Gasteiger partial charge in [-0.15, -0.1) is 0 Å². The van der Waals surface area contributed by atoms with Crippen LogP contribution in [0.4, 0.5) is 23.1 Å². The van der Waals surface area contributed by atoms with Crippen LogP contribution in [0.5, 0.6) is 0 Å². The number of hydrogen-bond donors (Lipinski definition) is 3. The zero-order valence-corrected chi connectivity index (χ0v) is 16.6. The van der Waals surface area contributed by atoms with Crippen LogP contribution in [-0.2, 0) is 10.2 Å². The van der Waals surface area contributed by atoms with Crippen LogP contribution >= 0.6 is 0 Å². The van der Waals surface area contributed by atoms with E-state index in [0.29, 0.717) is 18.9 Å². The van der Waals surface area contributed by atoms with Crippen molar-refractivity contribution in [2.24, 2.45) is 0 Å². The monoisotopic (exact) mass is 395 g/mol. The van der Waals surface area contributed by atoms with Crippen LogP contribution in [0.15, 0.2) is 24.4 Å². The number of aryl methyl sites for hydroxylation is 1. The Morgan fingerprint density at radius 3 is 2.52 bits per heavy atom. The second-order valence-corrected chi connectivity index (χ2v) is 8.53. The van der Waals surface area contributed by atoms with E-state index >= 15 is 0 Å². The number of β-amino-alcohol motifs (C(OH)–C–C–N with tert-alkyl or cyclic N) is 2. The fraction of sp³-hybridized carbons (Fsp3) is 0.476. The lowest BCUT2D eigenvalue weighted by atomic mass is 10.0. The summed E-state index contributed by atoms with van der Waals surface area (Å²) in [5, 5.41) is 22.6. The van der Waals surface area contributed by atoms with Crippen LogP contribution < -0.4 is 15.1 Å². The molecule has 3 aliphatic rings. The van der Waals surface area contributed by atoms with Gasteiger partial charge in [-0.25, -0.2) is 9.97 Å². The standard InChI is InChI=1S/C21H25N5O3/c1-12-5-19(25-9-16(28)17(29)10-25)24-20(6-12)26-11-21(3-4-21)14-8-22-18(7-15(14)26)23-13(2)27/h5-8,16-17,28-29H,3-4,9-11H2,1-2H3,(H,22,23,27). The average molecular weight is 395 g/mol. The summed E-state index contributed by atoms with van der Waals surface area (Å²) in [7, 11) is 0. The lowest BCUT2D eigenvalue weighted by Gasteiger charge is -2.23. The van der Waals surface area contributed by atoms with Gasteiger partial charge in [-0.1, -0.05) is 0 Å². The fourth-order valence-corrected chi connectivity index (χ4v) is 4.47. The van der Waals surface area contributed by atoms with Crippen molar-refractivity contribution in [2.45, 2.75) is 44.3 Å². The van der Waals surface area contributed by atoms with Crippen LogP contribution in [0.2, 0.25) is 0 Å². The number of pyridine rings is 2. The van der Waals surface area contributed by atoms with Gasteiger partial charge in [0, 0.05) is 49.8 Å². The first-order valence-electron chi connectivity index (χ1n) is 10.0. The number of nitrogens with one attached hydrogen (secondary N) is 1. The predicted molar refractivity (Wildman–Crippen MR) is 110 cm³/mol. The molecule has 0 bridgehead atoms. The molecule has 3 N–H and O–H groups in total. The van der Waals surface area contributed by atoms with Crippen molar-refractivity contribution in [3.63, 3.8) is 0 Å². The van der Waals surface area contributed by atoms with Gasteiger partial charge in [0.05, 0.1) is 17.9 Å². The maximum atomic E-state index is 11.5. The molecule has 2 aromatic rings. The number of aliphatic hydroxyl groups is 2. The summed E-state index contributed by atoms with van der Waals surface area (Å²) in [5.41, 5.74) is 3.44. The number of rotatable bonds is 3. The number of aliphatic hydroxyl groups excluding tert-OH is 2. The molecule has 0 aromatic carbocycles. The van der Waals surface area contributed by atoms with Gasteiger partial charge in [0.2, 0.25) is 5.91 Å². The highest BCUT2D eigenvalue weighted by Crippen LogP contribution is 2.58. The molecule has 1 saturated carbocycles. The minimum absolute atomic E-state index is 0.128. The molecule has 1 spiro atoms. The molecule has 2 atom stereocenters. The summed E-state index contributed by atoms with van der Waals surface area (Å²) in [6.45, 7) is 5.08. The maximum absolute atomic E-state index is 11.5. The Hall–Kier alpha value is -2.71. The van der Waals surface area contributed by atoms with Crippen LogP contribution in [0.25, 0.3) is 0 Å². The topological polar surface area (TPSA) is 102 Å². The molecule has 29 heavy (non-hydrogen) atoms. The molecule has 4 heterocycles. The summed E-state index contributed by atoms with van der Waals surface area (Å²) in [5.74, 6) is 1.98. The van der Waals surface area contributed by atoms with E-state index in [1.807, 2.05) is 30.2 Å². The zero-order valence-electron chi connectivity index (χ0n) is 16.6. The van der Waals surface area contributed by atoms with Gasteiger partial charge < -0.3 is 25.3 Å². The minimum Gasteiger partial charge on any atom is -0.389 e. The predicted octanol–water partition coefficient (Wildman–Crippen LogP) is 1.47. The molecule has 8 heteroatoms. The summed E-state index contributed by atoms with van der Waals surface area (Å²) >= 11 is 0. The molecule has 1 amide bonds. The minimum atomic E-state index is -0.755. The largest absolute Gasteiger partial charge is 0.389 e. The molecule has 1 aliphatic carbocycles. The molecular formula is C21H25N5O3. The summed E-state index contributed by atoms with van der Waals surface area (Å²) in [6.07, 6.45) is 2.63. The van der Waals surface area contributed by atoms with Gasteiger partial charge in [0.1, 0.15) is 17.5 Å². The van der Waals surface area contributed by atoms with E-state index in [0.717, 1.165) is 42.3 Å². The SMILES string of the molecule is CC(=O)Nc1cc2c(cn1)C1(CC1)CN2c1cc(C)cc(N2CC(O)C(O)C2)n1. The van der Waals surface area contributed by atoms with Gasteiger partial charge in [-0.3, -0.25) is 4.79 Å². The molecule has 2 unspecified atom stereocenters. The summed E-state index contributed by atoms with van der Waals surface area (Å²) in [6, 6.07) is 5.96. The highest BCUT2D eigenvalue weighted by Gasteiger charge is 2.52. The van der Waals surface area contributed by atoms with E-state index in [-0.39, 0.29) is 11.3 Å². The van der Waals surface area contributed by atoms with E-state index in [2.05, 4.69) is 21.3 Å². The Morgan fingerprint density at radius 1 is 1.17 bits per heavy atom. The highest BCUT2D eigenvalue weighted by atomic mass is 16.3. The van der Waals surface area contributed by atoms with Gasteiger partial charge in [-0.2, -0.15) is 0 Å². The second-order valence-electron chi connectivity index (χ2n) is 8.53. The molecule has 8 nitrogen and oxygen atoms in total. The molecule has 2 aliphatic heterocycles. The normalized spacial score (nSPS) is 24.1. The number of carbonyl (C=O) groups excluding carboxylic acids is 1. The Morgan fingerprint density at radius 2 is 1.86 bits per heavy atom. The number of carbonyl (C=O) groups is 1. The first-order chi connectivity index (χ1) is 13.8. The van der Waals surface area contributed by atoms with Crippen LogP contribution in [0.1, 0.15) is 30.9 Å². The van der Waals surface area contributed by atoms with Crippen molar-refractivity contribution in [1.29, 1.82) is 0 Å². The second kappa shape index (κ2) is 6.40. The smallest absolute Gasteiger partial charge is 0.222 e. The van der Waals surface area contributed by atoms with Gasteiger partial charge in [0.25, 0.3) is 0 Å². The molecule has 152 valence electrons. The summed E-state index contributed by atoms with van der Waals surface area (Å²) < 4.78 is 0. The van der Waals surface area contributed by atoms with Crippen LogP contribution in [0.3, 0.4) is 0 Å². The molecular weight excluding hydrogens is 370 g/mol. The van der Waals surface area contributed by atoms with Crippen LogP contribution in [-0.4, -0.2) is 57.9 Å². The first kappa shape index (κ1) is 18.3. The quantitative estimate of drug-likeness (QED) is 0.723. The van der Waals surface area contributed by atoms with E-state index in [1.165, 1.54) is 12.5 Å². The van der Waals surface area contributed by atoms with Crippen LogP contribution in [0, 0.1) is 6.92 Å². The number of fused-ring (bicyclic) bond motifs is 2. The van der Waals surface area contributed by atoms with Gasteiger partial charge in [0.15, 0.2) is 0 Å². The molecule has 2 fully saturated rings. The lowest BCUT2D eigenvalue weighted by Crippen LogP contribution is -2.25. The number of aromatic nitrogens is 2. The number of hydrogen-bond acceptors (Lipinski definition) is 7. The lowest BCUT2D eigenvalue weighted by molar-refractivity contribution is -0.114. The van der Waals surface area contributed by atoms with E-state index < -0.39 is 12.2 Å². The van der Waals surface area contributed by atoms with Crippen molar-refractivity contribution in [3.8, 4) is 0 Å². The Kier molecular flexibility index (Phi) is 4.04. The number of nitrogens with zero attached hydrogens (tertiary/aromatic N) is 4. The van der Waals surface area contributed by atoms with E-state index in [9.17, 15) is 15.0 Å². The van der Waals surface area contributed by atoms with Crippen molar-refractivity contribution in [3.05, 3.63) is 35.5 Å². The average Bonchev–Trinajstić information content (AvgIpc) is 3.26. The van der Waals surface area contributed by atoms with Crippen molar-refractivity contribution in [2.75, 3.05) is 34.8 Å². The first-order valence-corrected chi connectivity index (χ1v) is 10.0. The molecule has 2 aromatic heterocycles. The maximum Gasteiger partial charge on any atom is 0.222 e. The zero-order chi connectivity index (χ0) is 20.3. The Bertz CT molecular complexity index is 980.